The third kappa shape index (κ3) is 4.68. The minimum atomic E-state index is 0.627. The van der Waals surface area contributed by atoms with E-state index in [4.69, 9.17) is 14.1 Å². The van der Waals surface area contributed by atoms with Gasteiger partial charge in [-0.15, -0.1) is 21.5 Å². The lowest BCUT2D eigenvalue weighted by Gasteiger charge is -2.27. The predicted octanol–water partition coefficient (Wildman–Crippen LogP) is 5.33. The second-order valence-electron chi connectivity index (χ2n) is 7.66. The molecular formula is C23H25N5O2S2. The number of hydrogen-bond acceptors (Lipinski definition) is 8. The van der Waals surface area contributed by atoms with E-state index < -0.39 is 0 Å². The van der Waals surface area contributed by atoms with Gasteiger partial charge in [-0.2, -0.15) is 0 Å². The molecule has 32 heavy (non-hydrogen) atoms. The van der Waals surface area contributed by atoms with Crippen molar-refractivity contribution in [2.75, 3.05) is 25.1 Å². The minimum absolute atomic E-state index is 0.627. The van der Waals surface area contributed by atoms with Crippen molar-refractivity contribution < 1.29 is 9.15 Å². The van der Waals surface area contributed by atoms with Gasteiger partial charge in [-0.1, -0.05) is 11.8 Å². The van der Waals surface area contributed by atoms with Crippen LogP contribution in [-0.2, 0) is 12.3 Å². The van der Waals surface area contributed by atoms with Crippen LogP contribution in [0.5, 0.6) is 5.75 Å². The lowest BCUT2D eigenvalue weighted by molar-refractivity contribution is 0.415. The predicted molar refractivity (Wildman–Crippen MR) is 128 cm³/mol. The van der Waals surface area contributed by atoms with E-state index in [2.05, 4.69) is 25.0 Å². The molecule has 0 unspecified atom stereocenters. The van der Waals surface area contributed by atoms with Crippen molar-refractivity contribution in [3.63, 3.8) is 0 Å². The number of thiazole rings is 1. The van der Waals surface area contributed by atoms with E-state index >= 15 is 0 Å². The molecule has 0 saturated carbocycles. The molecule has 1 aromatic carbocycles. The summed E-state index contributed by atoms with van der Waals surface area (Å²) in [6, 6.07) is 11.9. The Balaban J connectivity index is 1.32. The number of hydrogen-bond donors (Lipinski definition) is 0. The molecule has 4 heterocycles. The van der Waals surface area contributed by atoms with Gasteiger partial charge in [0.15, 0.2) is 5.16 Å². The van der Waals surface area contributed by atoms with E-state index in [1.807, 2.05) is 36.4 Å². The summed E-state index contributed by atoms with van der Waals surface area (Å²) in [5.74, 6) is 3.42. The van der Waals surface area contributed by atoms with Crippen molar-refractivity contribution in [1.82, 2.24) is 19.7 Å². The van der Waals surface area contributed by atoms with Crippen LogP contribution in [0.1, 0.15) is 30.7 Å². The van der Waals surface area contributed by atoms with E-state index in [1.165, 1.54) is 19.3 Å². The average Bonchev–Trinajstić information content (AvgIpc) is 3.60. The Morgan fingerprint density at radius 1 is 1.09 bits per heavy atom. The van der Waals surface area contributed by atoms with Crippen LogP contribution in [0.4, 0.5) is 5.95 Å². The summed E-state index contributed by atoms with van der Waals surface area (Å²) in [5.41, 5.74) is 2.14. The van der Waals surface area contributed by atoms with Crippen molar-refractivity contribution in [2.45, 2.75) is 36.7 Å². The Morgan fingerprint density at radius 3 is 2.69 bits per heavy atom. The highest BCUT2D eigenvalue weighted by Gasteiger charge is 2.21. The largest absolute Gasteiger partial charge is 0.497 e. The maximum absolute atomic E-state index is 5.61. The zero-order chi connectivity index (χ0) is 21.8. The van der Waals surface area contributed by atoms with Crippen molar-refractivity contribution in [3.05, 3.63) is 59.5 Å². The molecule has 9 heteroatoms. The number of benzene rings is 1. The fourth-order valence-corrected chi connectivity index (χ4v) is 5.55. The normalized spacial score (nSPS) is 14.1. The Hall–Kier alpha value is -2.78. The van der Waals surface area contributed by atoms with Crippen LogP contribution in [0.25, 0.3) is 10.6 Å². The topological polar surface area (TPSA) is 69.2 Å². The summed E-state index contributed by atoms with van der Waals surface area (Å²) in [7, 11) is 1.68. The highest BCUT2D eigenvalue weighted by molar-refractivity contribution is 7.98. The molecule has 1 aliphatic heterocycles. The number of nitrogens with zero attached hydrogens (tertiary/aromatic N) is 5. The van der Waals surface area contributed by atoms with Crippen LogP contribution < -0.4 is 9.64 Å². The molecule has 166 valence electrons. The molecule has 1 saturated heterocycles. The van der Waals surface area contributed by atoms with E-state index in [9.17, 15) is 0 Å². The third-order valence-corrected chi connectivity index (χ3v) is 7.41. The molecule has 0 N–H and O–H groups in total. The van der Waals surface area contributed by atoms with Gasteiger partial charge in [-0.3, -0.25) is 4.57 Å². The zero-order valence-electron chi connectivity index (χ0n) is 17.9. The average molecular weight is 468 g/mol. The molecule has 3 aromatic heterocycles. The van der Waals surface area contributed by atoms with Crippen molar-refractivity contribution in [3.8, 4) is 16.3 Å². The van der Waals surface area contributed by atoms with Gasteiger partial charge < -0.3 is 14.1 Å². The maximum Gasteiger partial charge on any atom is 0.228 e. The Morgan fingerprint density at radius 2 is 1.94 bits per heavy atom. The molecule has 5 rings (SSSR count). The van der Waals surface area contributed by atoms with Gasteiger partial charge in [0.2, 0.25) is 5.95 Å². The van der Waals surface area contributed by atoms with Crippen LogP contribution in [-0.4, -0.2) is 39.9 Å². The van der Waals surface area contributed by atoms with Gasteiger partial charge in [0.05, 0.1) is 25.6 Å². The molecule has 0 amide bonds. The first-order valence-corrected chi connectivity index (χ1v) is 12.6. The number of rotatable bonds is 8. The fraction of sp³-hybridized carbons (Fsp3) is 0.348. The summed E-state index contributed by atoms with van der Waals surface area (Å²) in [6.45, 7) is 2.68. The Kier molecular flexibility index (Phi) is 6.45. The van der Waals surface area contributed by atoms with E-state index in [0.29, 0.717) is 6.54 Å². The summed E-state index contributed by atoms with van der Waals surface area (Å²) < 4.78 is 13.0. The smallest absolute Gasteiger partial charge is 0.228 e. The lowest BCUT2D eigenvalue weighted by atomic mass is 10.1. The zero-order valence-corrected chi connectivity index (χ0v) is 19.6. The van der Waals surface area contributed by atoms with Gasteiger partial charge >= 0.3 is 0 Å². The molecule has 4 aromatic rings. The number of methoxy groups -OCH3 is 1. The van der Waals surface area contributed by atoms with Crippen LogP contribution in [0.15, 0.2) is 57.6 Å². The van der Waals surface area contributed by atoms with Crippen LogP contribution in [0.3, 0.4) is 0 Å². The number of furan rings is 1. The molecule has 1 aliphatic rings. The van der Waals surface area contributed by atoms with Gasteiger partial charge in [0.1, 0.15) is 16.5 Å². The van der Waals surface area contributed by atoms with Crippen molar-refractivity contribution in [2.24, 2.45) is 0 Å². The van der Waals surface area contributed by atoms with Crippen LogP contribution in [0, 0.1) is 0 Å². The van der Waals surface area contributed by atoms with Crippen LogP contribution >= 0.6 is 23.1 Å². The number of anilines is 1. The van der Waals surface area contributed by atoms with E-state index in [0.717, 1.165) is 57.7 Å². The first kappa shape index (κ1) is 21.1. The highest BCUT2D eigenvalue weighted by Crippen LogP contribution is 2.30. The van der Waals surface area contributed by atoms with Crippen molar-refractivity contribution >= 4 is 29.0 Å². The molecule has 0 atom stereocenters. The first-order chi connectivity index (χ1) is 15.8. The quantitative estimate of drug-likeness (QED) is 0.324. The monoisotopic (exact) mass is 467 g/mol. The van der Waals surface area contributed by atoms with Crippen molar-refractivity contribution in [1.29, 1.82) is 0 Å². The standard InChI is InChI=1S/C23H25N5O2S2/c1-29-19-9-7-17(8-10-19)21-24-18(15-31-21)16-32-23-26-25-22(27-11-3-2-4-12-27)28(23)14-20-6-5-13-30-20/h5-10,13,15H,2-4,11-12,14,16H2,1H3. The SMILES string of the molecule is COc1ccc(-c2nc(CSc3nnc(N4CCCCC4)n3Cc3ccco3)cs2)cc1. The molecule has 7 nitrogen and oxygen atoms in total. The first-order valence-electron chi connectivity index (χ1n) is 10.7. The van der Waals surface area contributed by atoms with Gasteiger partial charge in [-0.05, 0) is 55.7 Å². The minimum Gasteiger partial charge on any atom is -0.497 e. The summed E-state index contributed by atoms with van der Waals surface area (Å²) in [4.78, 5) is 7.16. The molecule has 0 radical (unpaired) electrons. The molecule has 0 bridgehead atoms. The second kappa shape index (κ2) is 9.79. The summed E-state index contributed by atoms with van der Waals surface area (Å²) >= 11 is 3.32. The Labute approximate surface area is 195 Å². The molecule has 0 aliphatic carbocycles. The van der Waals surface area contributed by atoms with Gasteiger partial charge in [-0.25, -0.2) is 4.98 Å². The number of aromatic nitrogens is 4. The third-order valence-electron chi connectivity index (χ3n) is 5.47. The Bertz CT molecular complexity index is 1130. The number of piperidine rings is 1. The van der Waals surface area contributed by atoms with Crippen LogP contribution in [0.2, 0.25) is 0 Å². The maximum atomic E-state index is 5.61. The second-order valence-corrected chi connectivity index (χ2v) is 9.46. The molecule has 0 spiro atoms. The lowest BCUT2D eigenvalue weighted by Crippen LogP contribution is -2.32. The van der Waals surface area contributed by atoms with E-state index in [1.54, 1.807) is 36.5 Å². The number of thioether (sulfide) groups is 1. The summed E-state index contributed by atoms with van der Waals surface area (Å²) in [5, 5.41) is 13.1. The molecule has 1 fully saturated rings. The fourth-order valence-electron chi connectivity index (χ4n) is 3.79. The number of ether oxygens (including phenoxy) is 1. The van der Waals surface area contributed by atoms with E-state index in [-0.39, 0.29) is 0 Å². The highest BCUT2D eigenvalue weighted by atomic mass is 32.2. The molecular weight excluding hydrogens is 442 g/mol. The van der Waals surface area contributed by atoms with Gasteiger partial charge in [0.25, 0.3) is 0 Å². The van der Waals surface area contributed by atoms with Gasteiger partial charge in [0, 0.05) is 29.8 Å². The summed E-state index contributed by atoms with van der Waals surface area (Å²) in [6.07, 6.45) is 5.39.